The molecular formula is C19H22N2O5. The topological polar surface area (TPSA) is 97.2 Å². The molecule has 1 amide bonds. The molecule has 26 heavy (non-hydrogen) atoms. The summed E-state index contributed by atoms with van der Waals surface area (Å²) in [6.45, 7) is 5.32. The molecule has 1 aliphatic rings. The van der Waals surface area contributed by atoms with Crippen LogP contribution in [-0.4, -0.2) is 42.5 Å². The molecule has 1 aromatic carbocycles. The molecular weight excluding hydrogens is 336 g/mol. The van der Waals surface area contributed by atoms with Gasteiger partial charge in [-0.1, -0.05) is 12.1 Å². The Morgan fingerprint density at radius 3 is 2.50 bits per heavy atom. The minimum Gasteiger partial charge on any atom is -0.505 e. The molecule has 1 aromatic rings. The summed E-state index contributed by atoms with van der Waals surface area (Å²) in [5, 5.41) is 12.9. The van der Waals surface area contributed by atoms with Crippen molar-refractivity contribution in [1.29, 1.82) is 0 Å². The van der Waals surface area contributed by atoms with Crippen molar-refractivity contribution in [3.63, 3.8) is 0 Å². The maximum absolute atomic E-state index is 11.7. The van der Waals surface area contributed by atoms with E-state index in [0.29, 0.717) is 11.5 Å². The molecule has 1 heterocycles. The third-order valence-electron chi connectivity index (χ3n) is 3.52. The van der Waals surface area contributed by atoms with Crippen LogP contribution in [0.25, 0.3) is 6.08 Å². The molecule has 0 saturated heterocycles. The molecule has 0 aliphatic carbocycles. The Balaban J connectivity index is 2.08. The Morgan fingerprint density at radius 2 is 1.92 bits per heavy atom. The van der Waals surface area contributed by atoms with Crippen molar-refractivity contribution in [2.75, 3.05) is 13.7 Å². The molecule has 7 nitrogen and oxygen atoms in total. The number of hydrogen-bond acceptors (Lipinski definition) is 6. The number of hydrogen-bond donors (Lipinski definition) is 2. The average Bonchev–Trinajstić information content (AvgIpc) is 2.86. The number of aliphatic hydroxyl groups excluding tert-OH is 1. The van der Waals surface area contributed by atoms with Gasteiger partial charge in [-0.25, -0.2) is 9.79 Å². The van der Waals surface area contributed by atoms with E-state index in [1.54, 1.807) is 37.3 Å². The lowest BCUT2D eigenvalue weighted by Gasteiger charge is -2.09. The number of carbonyl (C=O) groups is 2. The first-order chi connectivity index (χ1) is 12.3. The Hall–Kier alpha value is -3.09. The van der Waals surface area contributed by atoms with Crippen LogP contribution in [0.3, 0.4) is 0 Å². The lowest BCUT2D eigenvalue weighted by atomic mass is 10.1. The molecule has 0 fully saturated rings. The number of nitrogens with zero attached hydrogens (tertiary/aromatic N) is 1. The van der Waals surface area contributed by atoms with Crippen LogP contribution in [0.5, 0.6) is 5.75 Å². The van der Waals surface area contributed by atoms with Gasteiger partial charge in [0.15, 0.2) is 12.4 Å². The van der Waals surface area contributed by atoms with Crippen molar-refractivity contribution in [3.05, 3.63) is 46.9 Å². The van der Waals surface area contributed by atoms with E-state index in [1.807, 2.05) is 13.8 Å². The van der Waals surface area contributed by atoms with Crippen LogP contribution in [0, 0.1) is 0 Å². The van der Waals surface area contributed by atoms with E-state index in [2.05, 4.69) is 15.0 Å². The third kappa shape index (κ3) is 4.72. The molecule has 0 saturated carbocycles. The number of ether oxygens (including phenoxy) is 2. The molecule has 2 rings (SSSR count). The van der Waals surface area contributed by atoms with Crippen molar-refractivity contribution >= 4 is 23.7 Å². The SMILES string of the molecule is COC(=O)C1=C(O)/C(=C/c2ccc(OCC(=O)NC(C)C)cc2)N=C1C. The van der Waals surface area contributed by atoms with Crippen LogP contribution in [0.15, 0.2) is 46.3 Å². The second-order valence-corrected chi connectivity index (χ2v) is 6.02. The van der Waals surface area contributed by atoms with Gasteiger partial charge >= 0.3 is 5.97 Å². The van der Waals surface area contributed by atoms with Gasteiger partial charge in [0, 0.05) is 6.04 Å². The zero-order valence-corrected chi connectivity index (χ0v) is 15.2. The Morgan fingerprint density at radius 1 is 1.27 bits per heavy atom. The highest BCUT2D eigenvalue weighted by atomic mass is 16.5. The fourth-order valence-corrected chi connectivity index (χ4v) is 2.37. The number of amides is 1. The average molecular weight is 358 g/mol. The van der Waals surface area contributed by atoms with Crippen molar-refractivity contribution in [3.8, 4) is 5.75 Å². The Labute approximate surface area is 152 Å². The van der Waals surface area contributed by atoms with Crippen LogP contribution >= 0.6 is 0 Å². The fraction of sp³-hybridized carbons (Fsp3) is 0.316. The molecule has 0 spiro atoms. The molecule has 1 aliphatic heterocycles. The van der Waals surface area contributed by atoms with Gasteiger partial charge in [-0.3, -0.25) is 4.79 Å². The number of methoxy groups -OCH3 is 1. The second-order valence-electron chi connectivity index (χ2n) is 6.02. The molecule has 7 heteroatoms. The van der Waals surface area contributed by atoms with Crippen molar-refractivity contribution < 1.29 is 24.2 Å². The summed E-state index contributed by atoms with van der Waals surface area (Å²) >= 11 is 0. The molecule has 0 aromatic heterocycles. The minimum absolute atomic E-state index is 0.0612. The Kier molecular flexibility index (Phi) is 6.16. The zero-order chi connectivity index (χ0) is 19.3. The lowest BCUT2D eigenvalue weighted by molar-refractivity contribution is -0.135. The monoisotopic (exact) mass is 358 g/mol. The van der Waals surface area contributed by atoms with Crippen molar-refractivity contribution in [1.82, 2.24) is 5.32 Å². The van der Waals surface area contributed by atoms with Crippen LogP contribution in [0.2, 0.25) is 0 Å². The second kappa shape index (κ2) is 8.33. The predicted molar refractivity (Wildman–Crippen MR) is 98.0 cm³/mol. The maximum atomic E-state index is 11.7. The number of rotatable bonds is 6. The highest BCUT2D eigenvalue weighted by Gasteiger charge is 2.27. The molecule has 0 unspecified atom stereocenters. The van der Waals surface area contributed by atoms with Crippen LogP contribution in [-0.2, 0) is 14.3 Å². The quantitative estimate of drug-likeness (QED) is 0.761. The first-order valence-electron chi connectivity index (χ1n) is 8.13. The number of benzene rings is 1. The van der Waals surface area contributed by atoms with Crippen LogP contribution < -0.4 is 10.1 Å². The summed E-state index contributed by atoms with van der Waals surface area (Å²) in [5.41, 5.74) is 1.51. The first kappa shape index (κ1) is 19.2. The molecule has 2 N–H and O–H groups in total. The van der Waals surface area contributed by atoms with Gasteiger partial charge in [0.05, 0.1) is 12.8 Å². The standard InChI is InChI=1S/C19H22N2O5/c1-11(2)20-16(22)10-26-14-7-5-13(6-8-14)9-15-18(23)17(12(3)21-15)19(24)25-4/h5-9,11,23H,10H2,1-4H3,(H,20,22)/b15-9-. The van der Waals surface area contributed by atoms with E-state index < -0.39 is 5.97 Å². The van der Waals surface area contributed by atoms with E-state index in [9.17, 15) is 14.7 Å². The molecule has 0 atom stereocenters. The van der Waals surface area contributed by atoms with E-state index in [-0.39, 0.29) is 35.6 Å². The van der Waals surface area contributed by atoms with Crippen molar-refractivity contribution in [2.24, 2.45) is 4.99 Å². The van der Waals surface area contributed by atoms with Crippen molar-refractivity contribution in [2.45, 2.75) is 26.8 Å². The van der Waals surface area contributed by atoms with E-state index >= 15 is 0 Å². The van der Waals surface area contributed by atoms with E-state index in [0.717, 1.165) is 5.56 Å². The first-order valence-corrected chi connectivity index (χ1v) is 8.13. The van der Waals surface area contributed by atoms with E-state index in [4.69, 9.17) is 4.74 Å². The summed E-state index contributed by atoms with van der Waals surface area (Å²) in [6.07, 6.45) is 1.64. The normalized spacial score (nSPS) is 15.3. The minimum atomic E-state index is -0.629. The fourth-order valence-electron chi connectivity index (χ4n) is 2.37. The molecule has 138 valence electrons. The van der Waals surface area contributed by atoms with Crippen LogP contribution in [0.4, 0.5) is 0 Å². The van der Waals surface area contributed by atoms with Gasteiger partial charge in [0.25, 0.3) is 5.91 Å². The van der Waals surface area contributed by atoms with Gasteiger partial charge in [-0.05, 0) is 44.5 Å². The summed E-state index contributed by atoms with van der Waals surface area (Å²) in [7, 11) is 1.25. The predicted octanol–water partition coefficient (Wildman–Crippen LogP) is 2.39. The number of aliphatic imine (C=N–C) groups is 1. The summed E-state index contributed by atoms with van der Waals surface area (Å²) in [6, 6.07) is 7.00. The smallest absolute Gasteiger partial charge is 0.343 e. The zero-order valence-electron chi connectivity index (χ0n) is 15.2. The number of nitrogens with one attached hydrogen (secondary N) is 1. The number of carbonyl (C=O) groups excluding carboxylic acids is 2. The number of esters is 1. The van der Waals surface area contributed by atoms with Gasteiger partial charge in [-0.2, -0.15) is 0 Å². The summed E-state index contributed by atoms with van der Waals surface area (Å²) < 4.78 is 10.1. The van der Waals surface area contributed by atoms with Gasteiger partial charge < -0.3 is 19.9 Å². The highest BCUT2D eigenvalue weighted by Crippen LogP contribution is 2.26. The Bertz CT molecular complexity index is 789. The van der Waals surface area contributed by atoms with Gasteiger partial charge in [0.2, 0.25) is 0 Å². The summed E-state index contributed by atoms with van der Waals surface area (Å²) in [4.78, 5) is 27.4. The largest absolute Gasteiger partial charge is 0.505 e. The van der Waals surface area contributed by atoms with Crippen LogP contribution in [0.1, 0.15) is 26.3 Å². The van der Waals surface area contributed by atoms with Gasteiger partial charge in [0.1, 0.15) is 17.0 Å². The molecule has 0 bridgehead atoms. The number of aliphatic hydroxyl groups is 1. The van der Waals surface area contributed by atoms with E-state index in [1.165, 1.54) is 7.11 Å². The molecule has 0 radical (unpaired) electrons. The lowest BCUT2D eigenvalue weighted by Crippen LogP contribution is -2.34. The maximum Gasteiger partial charge on any atom is 0.343 e. The van der Waals surface area contributed by atoms with Gasteiger partial charge in [-0.15, -0.1) is 0 Å². The summed E-state index contributed by atoms with van der Waals surface area (Å²) in [5.74, 6) is -0.477. The highest BCUT2D eigenvalue weighted by molar-refractivity contribution is 6.21. The third-order valence-corrected chi connectivity index (χ3v) is 3.52.